The Morgan fingerprint density at radius 3 is 1.08 bits per heavy atom. The summed E-state index contributed by atoms with van der Waals surface area (Å²) in [5.41, 5.74) is 0.263. The average molecular weight is 154 g/mol. The number of nitrogens with zero attached hydrogens (tertiary/aromatic N) is 2. The summed E-state index contributed by atoms with van der Waals surface area (Å²) in [6.07, 6.45) is 0. The van der Waals surface area contributed by atoms with Gasteiger partial charge in [-0.15, -0.1) is 0 Å². The van der Waals surface area contributed by atoms with Crippen LogP contribution in [0.4, 0.5) is 0 Å². The Balaban J connectivity index is 1.78. The van der Waals surface area contributed by atoms with Crippen molar-refractivity contribution in [1.29, 1.82) is 0 Å². The van der Waals surface area contributed by atoms with Crippen molar-refractivity contribution >= 4 is 0 Å². The fourth-order valence-electron chi connectivity index (χ4n) is 5.86. The van der Waals surface area contributed by atoms with Crippen molar-refractivity contribution < 1.29 is 0 Å². The molecule has 6 fully saturated rings. The van der Waals surface area contributed by atoms with E-state index in [1.165, 1.54) is 0 Å². The first-order valence-electron chi connectivity index (χ1n) is 4.63. The molecule has 0 aromatic heterocycles. The SMILES string of the molecule is [C-]#[N+]C12C3C4C1C1C2C3C41[N+]#[C-]. The zero-order valence-corrected chi connectivity index (χ0v) is 6.36. The van der Waals surface area contributed by atoms with Crippen LogP contribution in [-0.4, -0.2) is 11.1 Å². The second-order valence-electron chi connectivity index (χ2n) is 5.15. The molecule has 0 aromatic carbocycles. The molecule has 0 spiro atoms. The lowest BCUT2D eigenvalue weighted by molar-refractivity contribution is -0.556. The van der Waals surface area contributed by atoms with Crippen LogP contribution in [0, 0.1) is 48.7 Å². The molecule has 0 radical (unpaired) electrons. The summed E-state index contributed by atoms with van der Waals surface area (Å²) in [4.78, 5) is 7.67. The largest absolute Gasteiger partial charge is 0.309 e. The number of hydrogen-bond donors (Lipinski definition) is 0. The van der Waals surface area contributed by atoms with Gasteiger partial charge in [0.1, 0.15) is 0 Å². The van der Waals surface area contributed by atoms with Gasteiger partial charge in [0.25, 0.3) is 0 Å². The van der Waals surface area contributed by atoms with Gasteiger partial charge in [-0.2, -0.15) is 0 Å². The highest BCUT2D eigenvalue weighted by Crippen LogP contribution is 3.05. The van der Waals surface area contributed by atoms with Crippen LogP contribution in [0.5, 0.6) is 0 Å². The van der Waals surface area contributed by atoms with Gasteiger partial charge in [0.15, 0.2) is 0 Å². The molecule has 0 atom stereocenters. The van der Waals surface area contributed by atoms with Gasteiger partial charge < -0.3 is 9.69 Å². The van der Waals surface area contributed by atoms with E-state index in [0.29, 0.717) is 35.5 Å². The van der Waals surface area contributed by atoms with E-state index in [-0.39, 0.29) is 11.1 Å². The third kappa shape index (κ3) is 0.135. The maximum absolute atomic E-state index is 7.19. The van der Waals surface area contributed by atoms with Crippen molar-refractivity contribution in [2.24, 2.45) is 35.5 Å². The molecule has 56 valence electrons. The van der Waals surface area contributed by atoms with E-state index in [9.17, 15) is 0 Å². The minimum atomic E-state index is 0.131. The molecule has 0 aromatic rings. The molecule has 0 aliphatic heterocycles. The second-order valence-corrected chi connectivity index (χ2v) is 5.15. The highest BCUT2D eigenvalue weighted by atomic mass is 15.3. The Morgan fingerprint density at radius 2 is 0.917 bits per heavy atom. The van der Waals surface area contributed by atoms with Gasteiger partial charge in [-0.25, -0.2) is 13.1 Å². The molecule has 6 saturated carbocycles. The number of hydrogen-bond acceptors (Lipinski definition) is 0. The van der Waals surface area contributed by atoms with Gasteiger partial charge in [0.2, 0.25) is 11.1 Å². The summed E-state index contributed by atoms with van der Waals surface area (Å²) in [6, 6.07) is 0. The quantitative estimate of drug-likeness (QED) is 0.461. The summed E-state index contributed by atoms with van der Waals surface area (Å²) < 4.78 is 0. The van der Waals surface area contributed by atoms with Crippen molar-refractivity contribution in [2.45, 2.75) is 11.1 Å². The highest BCUT2D eigenvalue weighted by Gasteiger charge is 3.20. The average Bonchev–Trinajstić information content (AvgIpc) is 2.17. The van der Waals surface area contributed by atoms with Crippen LogP contribution in [-0.2, 0) is 0 Å². The maximum Gasteiger partial charge on any atom is 0.244 e. The maximum atomic E-state index is 7.19. The Kier molecular flexibility index (Phi) is 0.341. The summed E-state index contributed by atoms with van der Waals surface area (Å²) in [5, 5.41) is 0. The molecule has 2 heteroatoms. The van der Waals surface area contributed by atoms with Crippen molar-refractivity contribution in [3.8, 4) is 0 Å². The lowest BCUT2D eigenvalue weighted by Gasteiger charge is -2.99. The zero-order chi connectivity index (χ0) is 7.88. The minimum Gasteiger partial charge on any atom is -0.309 e. The Bertz CT molecular complexity index is 340. The van der Waals surface area contributed by atoms with Crippen LogP contribution < -0.4 is 0 Å². The topological polar surface area (TPSA) is 8.72 Å². The molecule has 6 rings (SSSR count). The van der Waals surface area contributed by atoms with Gasteiger partial charge in [0.05, 0.1) is 35.5 Å². The molecule has 0 saturated heterocycles. The molecule has 2 nitrogen and oxygen atoms in total. The normalized spacial score (nSPS) is 86.8. The van der Waals surface area contributed by atoms with E-state index in [2.05, 4.69) is 9.69 Å². The molecular formula is C10H6N2. The first-order valence-corrected chi connectivity index (χ1v) is 4.63. The van der Waals surface area contributed by atoms with E-state index < -0.39 is 0 Å². The van der Waals surface area contributed by atoms with Crippen LogP contribution in [0.25, 0.3) is 9.69 Å². The highest BCUT2D eigenvalue weighted by molar-refractivity contribution is 5.66. The zero-order valence-electron chi connectivity index (χ0n) is 6.36. The van der Waals surface area contributed by atoms with Crippen LogP contribution >= 0.6 is 0 Å². The summed E-state index contributed by atoms with van der Waals surface area (Å²) in [7, 11) is 0. The van der Waals surface area contributed by atoms with Crippen molar-refractivity contribution in [3.05, 3.63) is 22.8 Å². The molecule has 0 N–H and O–H groups in total. The first kappa shape index (κ1) is 4.87. The van der Waals surface area contributed by atoms with Crippen LogP contribution in [0.3, 0.4) is 0 Å². The van der Waals surface area contributed by atoms with Crippen LogP contribution in [0.1, 0.15) is 0 Å². The predicted octanol–water partition coefficient (Wildman–Crippen LogP) is 1.07. The van der Waals surface area contributed by atoms with Gasteiger partial charge >= 0.3 is 0 Å². The standard InChI is InChI=1S/C10H6N2/c1-11-9-3-6-4(9)8-5(9)7(3)10(6,8)12-2/h3-8H. The molecule has 0 amide bonds. The molecule has 6 aliphatic rings. The fraction of sp³-hybridized carbons (Fsp3) is 0.800. The molecule has 0 unspecified atom stereocenters. The number of rotatable bonds is 0. The second kappa shape index (κ2) is 0.839. The van der Waals surface area contributed by atoms with Gasteiger partial charge in [-0.1, -0.05) is 0 Å². The van der Waals surface area contributed by atoms with Gasteiger partial charge in [0, 0.05) is 0 Å². The van der Waals surface area contributed by atoms with Gasteiger partial charge in [-0.05, 0) is 0 Å². The van der Waals surface area contributed by atoms with Crippen molar-refractivity contribution in [3.63, 3.8) is 0 Å². The Hall–Kier alpha value is -1.02. The Morgan fingerprint density at radius 1 is 0.667 bits per heavy atom. The minimum absolute atomic E-state index is 0.131. The van der Waals surface area contributed by atoms with E-state index in [4.69, 9.17) is 13.1 Å². The fourth-order valence-corrected chi connectivity index (χ4v) is 5.86. The van der Waals surface area contributed by atoms with E-state index in [1.807, 2.05) is 0 Å². The molecule has 6 aliphatic carbocycles. The summed E-state index contributed by atoms with van der Waals surface area (Å²) in [5.74, 6) is 4.19. The lowest BCUT2D eigenvalue weighted by atomic mass is 8.96. The third-order valence-corrected chi connectivity index (χ3v) is 5.91. The lowest BCUT2D eigenvalue weighted by Crippen LogP contribution is -3.14. The van der Waals surface area contributed by atoms with Crippen LogP contribution in [0.15, 0.2) is 0 Å². The summed E-state index contributed by atoms with van der Waals surface area (Å²) >= 11 is 0. The van der Waals surface area contributed by atoms with E-state index in [1.54, 1.807) is 0 Å². The molecule has 0 bridgehead atoms. The smallest absolute Gasteiger partial charge is 0.244 e. The molecular weight excluding hydrogens is 148 g/mol. The van der Waals surface area contributed by atoms with Crippen LogP contribution in [0.2, 0.25) is 0 Å². The van der Waals surface area contributed by atoms with E-state index >= 15 is 0 Å². The third-order valence-electron chi connectivity index (χ3n) is 5.91. The molecule has 0 heterocycles. The Labute approximate surface area is 70.2 Å². The van der Waals surface area contributed by atoms with Gasteiger partial charge in [-0.3, -0.25) is 0 Å². The van der Waals surface area contributed by atoms with E-state index in [0.717, 1.165) is 0 Å². The first-order chi connectivity index (χ1) is 5.85. The van der Waals surface area contributed by atoms with Crippen molar-refractivity contribution in [2.75, 3.05) is 0 Å². The predicted molar refractivity (Wildman–Crippen MR) is 39.6 cm³/mol. The van der Waals surface area contributed by atoms with Crippen molar-refractivity contribution in [1.82, 2.24) is 0 Å². The summed E-state index contributed by atoms with van der Waals surface area (Å²) in [6.45, 7) is 14.4. The monoisotopic (exact) mass is 154 g/mol. The molecule has 12 heavy (non-hydrogen) atoms.